The number of aromatic nitrogens is 2. The predicted molar refractivity (Wildman–Crippen MR) is 90.4 cm³/mol. The van der Waals surface area contributed by atoms with Crippen LogP contribution >= 0.6 is 0 Å². The number of rotatable bonds is 2. The van der Waals surface area contributed by atoms with Gasteiger partial charge in [-0.3, -0.25) is 0 Å². The Labute approximate surface area is 124 Å². The third kappa shape index (κ3) is 4.59. The lowest BCUT2D eigenvalue weighted by Gasteiger charge is -2.15. The van der Waals surface area contributed by atoms with Gasteiger partial charge < -0.3 is 0 Å². The molecule has 2 rings (SSSR count). The van der Waals surface area contributed by atoms with Crippen molar-refractivity contribution >= 4 is 11.0 Å². The molecule has 0 N–H and O–H groups in total. The number of hydrogen-bond acceptors (Lipinski definition) is 2. The third-order valence-corrected chi connectivity index (χ3v) is 2.82. The van der Waals surface area contributed by atoms with E-state index in [1.54, 1.807) is 6.20 Å². The van der Waals surface area contributed by atoms with E-state index in [0.29, 0.717) is 11.8 Å². The van der Waals surface area contributed by atoms with E-state index in [9.17, 15) is 0 Å². The molecule has 0 saturated heterocycles. The average Bonchev–Trinajstić information content (AvgIpc) is 2.49. The number of fused-ring (bicyclic) bond motifs is 1. The lowest BCUT2D eigenvalue weighted by Crippen LogP contribution is -2.03. The van der Waals surface area contributed by atoms with E-state index in [0.717, 1.165) is 11.0 Å². The van der Waals surface area contributed by atoms with Crippen molar-refractivity contribution in [2.24, 2.45) is 0 Å². The van der Waals surface area contributed by atoms with Crippen LogP contribution in [0, 0.1) is 0 Å². The summed E-state index contributed by atoms with van der Waals surface area (Å²) in [5, 5.41) is 1.13. The van der Waals surface area contributed by atoms with Gasteiger partial charge in [0.1, 0.15) is 0 Å². The SMILES string of the molecule is CC.CC.CC(C)c1cc2cccnc2nc1C(C)C. The summed E-state index contributed by atoms with van der Waals surface area (Å²) >= 11 is 0. The Hall–Kier alpha value is -1.44. The van der Waals surface area contributed by atoms with Gasteiger partial charge in [-0.15, -0.1) is 0 Å². The Morgan fingerprint density at radius 2 is 1.50 bits per heavy atom. The second kappa shape index (κ2) is 9.46. The van der Waals surface area contributed by atoms with Crippen molar-refractivity contribution in [3.63, 3.8) is 0 Å². The number of pyridine rings is 2. The van der Waals surface area contributed by atoms with Gasteiger partial charge in [-0.25, -0.2) is 9.97 Å². The molecule has 0 aliphatic heterocycles. The Morgan fingerprint density at radius 3 is 2.00 bits per heavy atom. The molecule has 2 aromatic heterocycles. The Balaban J connectivity index is 0.000000829. The van der Waals surface area contributed by atoms with E-state index < -0.39 is 0 Å². The maximum atomic E-state index is 4.68. The van der Waals surface area contributed by atoms with Gasteiger partial charge in [-0.2, -0.15) is 0 Å². The van der Waals surface area contributed by atoms with E-state index >= 15 is 0 Å². The van der Waals surface area contributed by atoms with Gasteiger partial charge in [0.2, 0.25) is 0 Å². The molecule has 2 heterocycles. The van der Waals surface area contributed by atoms with Gasteiger partial charge >= 0.3 is 0 Å². The molecule has 0 aromatic carbocycles. The summed E-state index contributed by atoms with van der Waals surface area (Å²) in [5.74, 6) is 0.957. The summed E-state index contributed by atoms with van der Waals surface area (Å²) in [5.41, 5.74) is 3.38. The molecule has 2 nitrogen and oxygen atoms in total. The van der Waals surface area contributed by atoms with Gasteiger partial charge in [0.05, 0.1) is 0 Å². The van der Waals surface area contributed by atoms with Crippen molar-refractivity contribution in [1.29, 1.82) is 0 Å². The molecule has 0 aliphatic rings. The minimum Gasteiger partial charge on any atom is -0.237 e. The quantitative estimate of drug-likeness (QED) is 0.678. The minimum atomic E-state index is 0.448. The summed E-state index contributed by atoms with van der Waals surface area (Å²) in [6.07, 6.45) is 1.80. The fraction of sp³-hybridized carbons (Fsp3) is 0.556. The molecule has 0 aliphatic carbocycles. The fourth-order valence-electron chi connectivity index (χ4n) is 1.96. The van der Waals surface area contributed by atoms with Crippen LogP contribution in [0.25, 0.3) is 11.0 Å². The van der Waals surface area contributed by atoms with Crippen molar-refractivity contribution in [1.82, 2.24) is 9.97 Å². The van der Waals surface area contributed by atoms with Crippen LogP contribution in [-0.2, 0) is 0 Å². The highest BCUT2D eigenvalue weighted by atomic mass is 14.8. The Morgan fingerprint density at radius 1 is 0.900 bits per heavy atom. The second-order valence-corrected chi connectivity index (χ2v) is 4.82. The van der Waals surface area contributed by atoms with E-state index in [2.05, 4.69) is 49.8 Å². The average molecular weight is 274 g/mol. The zero-order chi connectivity index (χ0) is 15.7. The largest absolute Gasteiger partial charge is 0.237 e. The molecule has 0 radical (unpaired) electrons. The van der Waals surface area contributed by atoms with Crippen molar-refractivity contribution in [3.8, 4) is 0 Å². The van der Waals surface area contributed by atoms with Crippen molar-refractivity contribution in [2.75, 3.05) is 0 Å². The molecule has 0 saturated carbocycles. The fourth-order valence-corrected chi connectivity index (χ4v) is 1.96. The maximum absolute atomic E-state index is 4.68. The molecular weight excluding hydrogens is 244 g/mol. The van der Waals surface area contributed by atoms with Crippen LogP contribution < -0.4 is 0 Å². The van der Waals surface area contributed by atoms with E-state index in [1.165, 1.54) is 11.3 Å². The van der Waals surface area contributed by atoms with Gasteiger partial charge in [0, 0.05) is 17.3 Å². The zero-order valence-corrected chi connectivity index (χ0v) is 14.4. The number of nitrogens with zero attached hydrogens (tertiary/aromatic N) is 2. The lowest BCUT2D eigenvalue weighted by molar-refractivity contribution is 0.762. The third-order valence-electron chi connectivity index (χ3n) is 2.82. The minimum absolute atomic E-state index is 0.448. The molecule has 0 spiro atoms. The van der Waals surface area contributed by atoms with Crippen LogP contribution in [0.2, 0.25) is 0 Å². The predicted octanol–water partition coefficient (Wildman–Crippen LogP) is 5.93. The van der Waals surface area contributed by atoms with Crippen LogP contribution in [0.3, 0.4) is 0 Å². The highest BCUT2D eigenvalue weighted by molar-refractivity contribution is 5.75. The van der Waals surface area contributed by atoms with Gasteiger partial charge in [-0.1, -0.05) is 55.4 Å². The molecule has 112 valence electrons. The molecule has 0 fully saturated rings. The smallest absolute Gasteiger partial charge is 0.159 e. The van der Waals surface area contributed by atoms with Crippen LogP contribution in [0.1, 0.15) is 78.5 Å². The summed E-state index contributed by atoms with van der Waals surface area (Å²) in [4.78, 5) is 9.00. The first-order chi connectivity index (χ1) is 9.59. The van der Waals surface area contributed by atoms with E-state index in [4.69, 9.17) is 0 Å². The molecular formula is C18H30N2. The monoisotopic (exact) mass is 274 g/mol. The maximum Gasteiger partial charge on any atom is 0.159 e. The topological polar surface area (TPSA) is 25.8 Å². The highest BCUT2D eigenvalue weighted by Gasteiger charge is 2.13. The van der Waals surface area contributed by atoms with Crippen LogP contribution in [-0.4, -0.2) is 9.97 Å². The van der Waals surface area contributed by atoms with Gasteiger partial charge in [-0.05, 0) is 35.6 Å². The van der Waals surface area contributed by atoms with Crippen molar-refractivity contribution in [2.45, 2.75) is 67.2 Å². The molecule has 0 amide bonds. The first-order valence-corrected chi connectivity index (χ1v) is 7.85. The molecule has 0 atom stereocenters. The summed E-state index contributed by atoms with van der Waals surface area (Å²) in [7, 11) is 0. The Bertz CT molecular complexity index is 455. The standard InChI is InChI=1S/C14H18N2.2C2H6/c1-9(2)12-8-11-6-5-7-15-14(11)16-13(12)10(3)4;2*1-2/h5-10H,1-4H3;2*1-2H3. The second-order valence-electron chi connectivity index (χ2n) is 4.82. The zero-order valence-electron chi connectivity index (χ0n) is 14.4. The van der Waals surface area contributed by atoms with Gasteiger partial charge in [0.25, 0.3) is 0 Å². The summed E-state index contributed by atoms with van der Waals surface area (Å²) in [6, 6.07) is 6.27. The number of hydrogen-bond donors (Lipinski definition) is 0. The summed E-state index contributed by atoms with van der Waals surface area (Å²) < 4.78 is 0. The summed E-state index contributed by atoms with van der Waals surface area (Å²) in [6.45, 7) is 16.8. The van der Waals surface area contributed by atoms with E-state index in [1.807, 2.05) is 33.8 Å². The van der Waals surface area contributed by atoms with Crippen molar-refractivity contribution in [3.05, 3.63) is 35.7 Å². The van der Waals surface area contributed by atoms with Crippen LogP contribution in [0.5, 0.6) is 0 Å². The van der Waals surface area contributed by atoms with Crippen LogP contribution in [0.15, 0.2) is 24.4 Å². The van der Waals surface area contributed by atoms with Gasteiger partial charge in [0.15, 0.2) is 5.65 Å². The van der Waals surface area contributed by atoms with E-state index in [-0.39, 0.29) is 0 Å². The normalized spacial score (nSPS) is 9.90. The molecule has 20 heavy (non-hydrogen) atoms. The van der Waals surface area contributed by atoms with Crippen molar-refractivity contribution < 1.29 is 0 Å². The molecule has 2 heteroatoms. The molecule has 2 aromatic rings. The molecule has 0 bridgehead atoms. The molecule has 0 unspecified atom stereocenters. The first kappa shape index (κ1) is 18.6. The first-order valence-electron chi connectivity index (χ1n) is 7.85. The Kier molecular flexibility index (Phi) is 8.78. The van der Waals surface area contributed by atoms with Crippen LogP contribution in [0.4, 0.5) is 0 Å². The lowest BCUT2D eigenvalue weighted by atomic mass is 9.94. The highest BCUT2D eigenvalue weighted by Crippen LogP contribution is 2.27.